The van der Waals surface area contributed by atoms with E-state index in [9.17, 15) is 4.79 Å². The fourth-order valence-corrected chi connectivity index (χ4v) is 3.03. The summed E-state index contributed by atoms with van der Waals surface area (Å²) in [6.07, 6.45) is 1.55. The molecule has 0 radical (unpaired) electrons. The van der Waals surface area contributed by atoms with Crippen molar-refractivity contribution in [2.45, 2.75) is 13.5 Å². The van der Waals surface area contributed by atoms with Gasteiger partial charge in [-0.05, 0) is 18.6 Å². The average Bonchev–Trinajstić information content (AvgIpc) is 3.03. The SMILES string of the molecule is Cc1ccoc1C(=O)NCCN1CCN(Cc2ccccc2)CC1. The molecule has 5 nitrogen and oxygen atoms in total. The molecule has 0 unspecified atom stereocenters. The lowest BCUT2D eigenvalue weighted by Crippen LogP contribution is -2.48. The van der Waals surface area contributed by atoms with Crippen LogP contribution in [-0.2, 0) is 6.54 Å². The molecule has 1 amide bonds. The van der Waals surface area contributed by atoms with E-state index >= 15 is 0 Å². The molecular weight excluding hydrogens is 302 g/mol. The van der Waals surface area contributed by atoms with Crippen molar-refractivity contribution in [3.05, 3.63) is 59.5 Å². The van der Waals surface area contributed by atoms with E-state index in [1.807, 2.05) is 6.92 Å². The van der Waals surface area contributed by atoms with Gasteiger partial charge < -0.3 is 9.73 Å². The fraction of sp³-hybridized carbons (Fsp3) is 0.421. The molecule has 1 aliphatic rings. The number of rotatable bonds is 6. The number of hydrogen-bond acceptors (Lipinski definition) is 4. The standard InChI is InChI=1S/C19H25N3O2/c1-16-7-14-24-18(16)19(23)20-8-9-21-10-12-22(13-11-21)15-17-5-3-2-4-6-17/h2-7,14H,8-13,15H2,1H3,(H,20,23). The maximum Gasteiger partial charge on any atom is 0.287 e. The number of piperazine rings is 1. The Morgan fingerprint density at radius 1 is 1.08 bits per heavy atom. The van der Waals surface area contributed by atoms with Gasteiger partial charge in [0.1, 0.15) is 0 Å². The van der Waals surface area contributed by atoms with E-state index in [2.05, 4.69) is 45.4 Å². The van der Waals surface area contributed by atoms with E-state index in [4.69, 9.17) is 4.42 Å². The van der Waals surface area contributed by atoms with E-state index in [0.29, 0.717) is 12.3 Å². The number of carbonyl (C=O) groups excluding carboxylic acids is 1. The van der Waals surface area contributed by atoms with Crippen molar-refractivity contribution in [1.82, 2.24) is 15.1 Å². The minimum atomic E-state index is -0.125. The zero-order valence-electron chi connectivity index (χ0n) is 14.2. The van der Waals surface area contributed by atoms with E-state index < -0.39 is 0 Å². The first-order valence-corrected chi connectivity index (χ1v) is 8.53. The summed E-state index contributed by atoms with van der Waals surface area (Å²) in [6, 6.07) is 12.4. The van der Waals surface area contributed by atoms with Crippen LogP contribution in [0.2, 0.25) is 0 Å². The van der Waals surface area contributed by atoms with Crippen molar-refractivity contribution in [1.29, 1.82) is 0 Å². The van der Waals surface area contributed by atoms with E-state index in [1.165, 1.54) is 5.56 Å². The van der Waals surface area contributed by atoms with Crippen LogP contribution in [0.1, 0.15) is 21.7 Å². The van der Waals surface area contributed by atoms with Crippen LogP contribution in [0, 0.1) is 6.92 Å². The summed E-state index contributed by atoms with van der Waals surface area (Å²) in [5.41, 5.74) is 2.24. The van der Waals surface area contributed by atoms with Gasteiger partial charge in [0, 0.05) is 51.4 Å². The number of carbonyl (C=O) groups is 1. The fourth-order valence-electron chi connectivity index (χ4n) is 3.03. The van der Waals surface area contributed by atoms with Gasteiger partial charge in [-0.1, -0.05) is 30.3 Å². The first-order chi connectivity index (χ1) is 11.7. The van der Waals surface area contributed by atoms with Crippen molar-refractivity contribution >= 4 is 5.91 Å². The minimum Gasteiger partial charge on any atom is -0.459 e. The minimum absolute atomic E-state index is 0.125. The molecule has 0 aliphatic carbocycles. The Bertz CT molecular complexity index is 646. The van der Waals surface area contributed by atoms with Crippen LogP contribution in [0.5, 0.6) is 0 Å². The Morgan fingerprint density at radius 3 is 2.46 bits per heavy atom. The molecule has 1 aromatic heterocycles. The summed E-state index contributed by atoms with van der Waals surface area (Å²) in [6.45, 7) is 8.65. The topological polar surface area (TPSA) is 48.7 Å². The van der Waals surface area contributed by atoms with Gasteiger partial charge in [0.25, 0.3) is 5.91 Å². The molecule has 24 heavy (non-hydrogen) atoms. The molecule has 0 spiro atoms. The summed E-state index contributed by atoms with van der Waals surface area (Å²) in [4.78, 5) is 16.9. The highest BCUT2D eigenvalue weighted by Crippen LogP contribution is 2.09. The lowest BCUT2D eigenvalue weighted by Gasteiger charge is -2.34. The molecular formula is C19H25N3O2. The number of benzene rings is 1. The second-order valence-electron chi connectivity index (χ2n) is 6.29. The van der Waals surface area contributed by atoms with Gasteiger partial charge in [-0.15, -0.1) is 0 Å². The van der Waals surface area contributed by atoms with Crippen LogP contribution < -0.4 is 5.32 Å². The highest BCUT2D eigenvalue weighted by Gasteiger charge is 2.17. The van der Waals surface area contributed by atoms with Crippen molar-refractivity contribution in [3.8, 4) is 0 Å². The van der Waals surface area contributed by atoms with E-state index in [0.717, 1.165) is 44.8 Å². The van der Waals surface area contributed by atoms with Gasteiger partial charge in [-0.25, -0.2) is 0 Å². The van der Waals surface area contributed by atoms with Crippen molar-refractivity contribution in [3.63, 3.8) is 0 Å². The second-order valence-corrected chi connectivity index (χ2v) is 6.29. The van der Waals surface area contributed by atoms with Gasteiger partial charge >= 0.3 is 0 Å². The summed E-state index contributed by atoms with van der Waals surface area (Å²) < 4.78 is 5.21. The lowest BCUT2D eigenvalue weighted by molar-refractivity contribution is 0.0906. The Labute approximate surface area is 143 Å². The Hall–Kier alpha value is -2.11. The summed E-state index contributed by atoms with van der Waals surface area (Å²) in [5, 5.41) is 2.94. The molecule has 1 saturated heterocycles. The van der Waals surface area contributed by atoms with Crippen molar-refractivity contribution < 1.29 is 9.21 Å². The molecule has 2 aromatic rings. The van der Waals surface area contributed by atoms with Crippen LogP contribution >= 0.6 is 0 Å². The van der Waals surface area contributed by atoms with Gasteiger partial charge in [0.05, 0.1) is 6.26 Å². The predicted octanol–water partition coefficient (Wildman–Crippen LogP) is 2.14. The van der Waals surface area contributed by atoms with Gasteiger partial charge in [-0.2, -0.15) is 0 Å². The zero-order valence-corrected chi connectivity index (χ0v) is 14.2. The molecule has 0 bridgehead atoms. The van der Waals surface area contributed by atoms with Crippen LogP contribution in [-0.4, -0.2) is 55.0 Å². The molecule has 0 saturated carbocycles. The normalized spacial score (nSPS) is 16.2. The average molecular weight is 327 g/mol. The van der Waals surface area contributed by atoms with Gasteiger partial charge in [0.15, 0.2) is 5.76 Å². The number of nitrogens with one attached hydrogen (secondary N) is 1. The number of nitrogens with zero attached hydrogens (tertiary/aromatic N) is 2. The van der Waals surface area contributed by atoms with Gasteiger partial charge in [-0.3, -0.25) is 14.6 Å². The quantitative estimate of drug-likeness (QED) is 0.883. The van der Waals surface area contributed by atoms with Crippen molar-refractivity contribution in [2.24, 2.45) is 0 Å². The summed E-state index contributed by atoms with van der Waals surface area (Å²) in [5.74, 6) is 0.294. The highest BCUT2D eigenvalue weighted by molar-refractivity contribution is 5.92. The van der Waals surface area contributed by atoms with Crippen LogP contribution in [0.15, 0.2) is 47.1 Å². The number of aryl methyl sites for hydroxylation is 1. The van der Waals surface area contributed by atoms with Gasteiger partial charge in [0.2, 0.25) is 0 Å². The first kappa shape index (κ1) is 16.7. The molecule has 128 valence electrons. The monoisotopic (exact) mass is 327 g/mol. The Morgan fingerprint density at radius 2 is 1.79 bits per heavy atom. The molecule has 1 aliphatic heterocycles. The third kappa shape index (κ3) is 4.46. The Kier molecular flexibility index (Phi) is 5.67. The molecule has 1 fully saturated rings. The molecule has 1 N–H and O–H groups in total. The number of hydrogen-bond donors (Lipinski definition) is 1. The highest BCUT2D eigenvalue weighted by atomic mass is 16.3. The third-order valence-electron chi connectivity index (χ3n) is 4.50. The maximum atomic E-state index is 12.0. The number of furan rings is 1. The van der Waals surface area contributed by atoms with Crippen LogP contribution in [0.3, 0.4) is 0 Å². The Balaban J connectivity index is 1.35. The summed E-state index contributed by atoms with van der Waals surface area (Å²) >= 11 is 0. The molecule has 3 rings (SSSR count). The zero-order chi connectivity index (χ0) is 16.8. The first-order valence-electron chi connectivity index (χ1n) is 8.53. The van der Waals surface area contributed by atoms with Crippen LogP contribution in [0.25, 0.3) is 0 Å². The van der Waals surface area contributed by atoms with Crippen LogP contribution in [0.4, 0.5) is 0 Å². The molecule has 2 heterocycles. The molecule has 0 atom stereocenters. The largest absolute Gasteiger partial charge is 0.459 e. The van der Waals surface area contributed by atoms with Crippen molar-refractivity contribution in [2.75, 3.05) is 39.3 Å². The molecule has 1 aromatic carbocycles. The smallest absolute Gasteiger partial charge is 0.287 e. The van der Waals surface area contributed by atoms with E-state index in [1.54, 1.807) is 12.3 Å². The third-order valence-corrected chi connectivity index (χ3v) is 4.50. The second kappa shape index (κ2) is 8.13. The lowest BCUT2D eigenvalue weighted by atomic mass is 10.2. The predicted molar refractivity (Wildman–Crippen MR) is 93.9 cm³/mol. The number of amides is 1. The van der Waals surface area contributed by atoms with E-state index in [-0.39, 0.29) is 5.91 Å². The molecule has 5 heteroatoms. The maximum absolute atomic E-state index is 12.0. The summed E-state index contributed by atoms with van der Waals surface area (Å²) in [7, 11) is 0.